The molecular weight excluding hydrogens is 455 g/mol. The lowest BCUT2D eigenvalue weighted by Crippen LogP contribution is -2.51. The zero-order chi connectivity index (χ0) is 22.9. The van der Waals surface area contributed by atoms with E-state index in [2.05, 4.69) is 16.0 Å². The van der Waals surface area contributed by atoms with E-state index in [1.807, 2.05) is 24.4 Å². The van der Waals surface area contributed by atoms with Gasteiger partial charge in [-0.1, -0.05) is 6.42 Å². The normalized spacial score (nSPS) is 17.4. The SMILES string of the molecule is Cl.N#Cc1ccc2[nH]cc(CCCN(C3CCC3)[C@H]3COc4c(F)ccc(C(N)=O)c4C3)c2c1. The third-order valence-corrected chi connectivity index (χ3v) is 7.11. The molecule has 2 heterocycles. The molecule has 1 aliphatic heterocycles. The van der Waals surface area contributed by atoms with Crippen molar-refractivity contribution in [3.05, 3.63) is 64.6 Å². The number of halogens is 2. The Balaban J connectivity index is 0.00000274. The van der Waals surface area contributed by atoms with Crippen molar-refractivity contribution >= 4 is 29.2 Å². The van der Waals surface area contributed by atoms with Gasteiger partial charge in [0.2, 0.25) is 5.91 Å². The number of nitriles is 1. The topological polar surface area (TPSA) is 95.1 Å². The molecule has 3 N–H and O–H groups in total. The van der Waals surface area contributed by atoms with Gasteiger partial charge < -0.3 is 15.5 Å². The van der Waals surface area contributed by atoms with Crippen molar-refractivity contribution in [2.75, 3.05) is 13.2 Å². The highest BCUT2D eigenvalue weighted by atomic mass is 35.5. The van der Waals surface area contributed by atoms with Crippen LogP contribution in [0.2, 0.25) is 0 Å². The fourth-order valence-electron chi connectivity index (χ4n) is 5.16. The van der Waals surface area contributed by atoms with E-state index in [0.29, 0.717) is 35.8 Å². The van der Waals surface area contributed by atoms with E-state index in [1.165, 1.54) is 24.1 Å². The molecule has 0 bridgehead atoms. The summed E-state index contributed by atoms with van der Waals surface area (Å²) in [7, 11) is 0. The summed E-state index contributed by atoms with van der Waals surface area (Å²) in [6.07, 6.45) is 7.94. The Labute approximate surface area is 204 Å². The minimum Gasteiger partial charge on any atom is -0.489 e. The Morgan fingerprint density at radius 1 is 1.26 bits per heavy atom. The van der Waals surface area contributed by atoms with Crippen molar-refractivity contribution in [3.63, 3.8) is 0 Å². The fourth-order valence-corrected chi connectivity index (χ4v) is 5.16. The first-order chi connectivity index (χ1) is 16.0. The molecule has 8 heteroatoms. The second-order valence-electron chi connectivity index (χ2n) is 9.05. The van der Waals surface area contributed by atoms with Crippen molar-refractivity contribution < 1.29 is 13.9 Å². The summed E-state index contributed by atoms with van der Waals surface area (Å²) in [5, 5.41) is 10.3. The predicted octanol–water partition coefficient (Wildman–Crippen LogP) is 4.49. The zero-order valence-corrected chi connectivity index (χ0v) is 19.7. The van der Waals surface area contributed by atoms with E-state index in [-0.39, 0.29) is 24.2 Å². The molecule has 2 aliphatic rings. The molecule has 2 aromatic carbocycles. The Morgan fingerprint density at radius 3 is 2.79 bits per heavy atom. The van der Waals surface area contributed by atoms with Gasteiger partial charge in [0, 0.05) is 40.3 Å². The second-order valence-corrected chi connectivity index (χ2v) is 9.05. The molecule has 178 valence electrons. The maximum absolute atomic E-state index is 14.3. The van der Waals surface area contributed by atoms with Crippen molar-refractivity contribution in [2.24, 2.45) is 5.73 Å². The van der Waals surface area contributed by atoms with Gasteiger partial charge in [-0.2, -0.15) is 5.26 Å². The molecular formula is C26H28ClFN4O2. The van der Waals surface area contributed by atoms with Crippen LogP contribution >= 0.6 is 12.4 Å². The van der Waals surface area contributed by atoms with Crippen LogP contribution < -0.4 is 10.5 Å². The van der Waals surface area contributed by atoms with Crippen LogP contribution in [-0.4, -0.2) is 41.0 Å². The van der Waals surface area contributed by atoms with Gasteiger partial charge in [-0.3, -0.25) is 9.69 Å². The average molecular weight is 483 g/mol. The number of fused-ring (bicyclic) bond motifs is 2. The number of primary amides is 1. The number of aromatic nitrogens is 1. The van der Waals surface area contributed by atoms with Gasteiger partial charge in [-0.25, -0.2) is 4.39 Å². The number of aromatic amines is 1. The molecule has 34 heavy (non-hydrogen) atoms. The van der Waals surface area contributed by atoms with Crippen LogP contribution in [0.1, 0.15) is 52.7 Å². The summed E-state index contributed by atoms with van der Waals surface area (Å²) >= 11 is 0. The second kappa shape index (κ2) is 10.0. The van der Waals surface area contributed by atoms with Crippen LogP contribution in [0.4, 0.5) is 4.39 Å². The lowest BCUT2D eigenvalue weighted by molar-refractivity contribution is 0.0421. The molecule has 1 saturated carbocycles. The van der Waals surface area contributed by atoms with Crippen LogP contribution in [0.3, 0.4) is 0 Å². The molecule has 1 fully saturated rings. The molecule has 0 unspecified atom stereocenters. The number of H-pyrrole nitrogens is 1. The monoisotopic (exact) mass is 482 g/mol. The first-order valence-electron chi connectivity index (χ1n) is 11.5. The Bertz CT molecular complexity index is 1250. The number of ether oxygens (including phenoxy) is 1. The van der Waals surface area contributed by atoms with Gasteiger partial charge >= 0.3 is 0 Å². The highest BCUT2D eigenvalue weighted by Gasteiger charge is 2.35. The van der Waals surface area contributed by atoms with E-state index in [9.17, 15) is 14.4 Å². The van der Waals surface area contributed by atoms with Crippen LogP contribution in [0.15, 0.2) is 36.5 Å². The standard InChI is InChI=1S/C26H27FN4O2.ClH/c27-23-8-7-20(26(29)32)22-12-19(15-33-25(22)23)31(18-4-1-5-18)10-2-3-17-14-30-24-9-6-16(13-28)11-21(17)24;/h6-9,11,14,18-19,30H,1-5,10,12,15H2,(H2,29,32);1H/t19-;/m1./s1. The van der Waals surface area contributed by atoms with E-state index >= 15 is 0 Å². The highest BCUT2D eigenvalue weighted by Crippen LogP contribution is 2.35. The summed E-state index contributed by atoms with van der Waals surface area (Å²) in [4.78, 5) is 17.7. The maximum Gasteiger partial charge on any atom is 0.249 e. The summed E-state index contributed by atoms with van der Waals surface area (Å²) in [6, 6.07) is 11.2. The molecule has 0 radical (unpaired) electrons. The molecule has 0 saturated heterocycles. The number of hydrogen-bond donors (Lipinski definition) is 2. The van der Waals surface area contributed by atoms with Crippen LogP contribution in [0.5, 0.6) is 5.75 Å². The van der Waals surface area contributed by atoms with Gasteiger partial charge in [-0.15, -0.1) is 12.4 Å². The van der Waals surface area contributed by atoms with Gasteiger partial charge in [-0.05, 0) is 74.5 Å². The molecule has 3 aromatic rings. The Morgan fingerprint density at radius 2 is 2.09 bits per heavy atom. The van der Waals surface area contributed by atoms with Gasteiger partial charge in [0.05, 0.1) is 11.6 Å². The van der Waals surface area contributed by atoms with Crippen molar-refractivity contribution in [3.8, 4) is 11.8 Å². The smallest absolute Gasteiger partial charge is 0.249 e. The molecule has 6 nitrogen and oxygen atoms in total. The van der Waals surface area contributed by atoms with Crippen molar-refractivity contribution in [1.29, 1.82) is 5.26 Å². The third kappa shape index (κ3) is 4.48. The van der Waals surface area contributed by atoms with E-state index < -0.39 is 11.7 Å². The summed E-state index contributed by atoms with van der Waals surface area (Å²) in [5.74, 6) is -0.829. The molecule has 1 aliphatic carbocycles. The van der Waals surface area contributed by atoms with Crippen molar-refractivity contribution in [1.82, 2.24) is 9.88 Å². The van der Waals surface area contributed by atoms with Gasteiger partial charge in [0.1, 0.15) is 6.61 Å². The number of nitrogens with one attached hydrogen (secondary N) is 1. The number of amides is 1. The van der Waals surface area contributed by atoms with E-state index in [4.69, 9.17) is 10.5 Å². The number of aryl methyl sites for hydroxylation is 1. The van der Waals surface area contributed by atoms with Crippen LogP contribution in [0, 0.1) is 17.1 Å². The first kappa shape index (κ1) is 24.1. The molecule has 1 atom stereocenters. The molecule has 0 spiro atoms. The molecule has 5 rings (SSSR count). The van der Waals surface area contributed by atoms with E-state index in [0.717, 1.165) is 43.1 Å². The Hall–Kier alpha value is -3.08. The molecule has 1 aromatic heterocycles. The Kier molecular flexibility index (Phi) is 7.11. The average Bonchev–Trinajstić information content (AvgIpc) is 3.19. The fraction of sp³-hybridized carbons (Fsp3) is 0.385. The number of nitrogens with zero attached hydrogens (tertiary/aromatic N) is 2. The van der Waals surface area contributed by atoms with Crippen LogP contribution in [-0.2, 0) is 12.8 Å². The summed E-state index contributed by atoms with van der Waals surface area (Å²) in [6.45, 7) is 1.29. The summed E-state index contributed by atoms with van der Waals surface area (Å²) in [5.41, 5.74) is 9.39. The lowest BCUT2D eigenvalue weighted by atomic mass is 9.87. The number of hydrogen-bond acceptors (Lipinski definition) is 4. The van der Waals surface area contributed by atoms with Crippen LogP contribution in [0.25, 0.3) is 10.9 Å². The number of rotatable bonds is 7. The minimum atomic E-state index is -0.554. The predicted molar refractivity (Wildman–Crippen MR) is 131 cm³/mol. The van der Waals surface area contributed by atoms with Gasteiger partial charge in [0.25, 0.3) is 0 Å². The lowest BCUT2D eigenvalue weighted by Gasteiger charge is -2.44. The number of nitrogens with two attached hydrogens (primary N) is 1. The number of carbonyl (C=O) groups excluding carboxylic acids is 1. The van der Waals surface area contributed by atoms with Gasteiger partial charge in [0.15, 0.2) is 11.6 Å². The quantitative estimate of drug-likeness (QED) is 0.518. The maximum atomic E-state index is 14.3. The number of carbonyl (C=O) groups is 1. The largest absolute Gasteiger partial charge is 0.489 e. The zero-order valence-electron chi connectivity index (χ0n) is 18.9. The summed E-state index contributed by atoms with van der Waals surface area (Å²) < 4.78 is 20.1. The highest BCUT2D eigenvalue weighted by molar-refractivity contribution is 5.95. The van der Waals surface area contributed by atoms with E-state index in [1.54, 1.807) is 0 Å². The minimum absolute atomic E-state index is 0. The van der Waals surface area contributed by atoms with Crippen molar-refractivity contribution in [2.45, 2.75) is 50.6 Å². The third-order valence-electron chi connectivity index (χ3n) is 7.11. The number of benzene rings is 2. The first-order valence-corrected chi connectivity index (χ1v) is 11.5. The molecule has 1 amide bonds.